The second-order valence-corrected chi connectivity index (χ2v) is 4.18. The molecule has 0 aromatic heterocycles. The zero-order chi connectivity index (χ0) is 9.26. The molecule has 1 nitrogen and oxygen atoms in total. The molecule has 0 amide bonds. The summed E-state index contributed by atoms with van der Waals surface area (Å²) in [6.45, 7) is 0. The van der Waals surface area contributed by atoms with Crippen molar-refractivity contribution >= 4 is 20.6 Å². The topological polar surface area (TPSA) is 17.1 Å². The summed E-state index contributed by atoms with van der Waals surface area (Å²) in [5, 5.41) is 0. The highest BCUT2D eigenvalue weighted by Crippen LogP contribution is 2.22. The first kappa shape index (κ1) is 8.95. The van der Waals surface area contributed by atoms with Gasteiger partial charge in [0.2, 0.25) is 4.69 Å². The van der Waals surface area contributed by atoms with Crippen LogP contribution in [-0.4, -0.2) is 4.69 Å². The van der Waals surface area contributed by atoms with Crippen LogP contribution >= 0.6 is 15.9 Å². The van der Waals surface area contributed by atoms with Gasteiger partial charge >= 0.3 is 0 Å². The second-order valence-electron chi connectivity index (χ2n) is 3.46. The van der Waals surface area contributed by atoms with E-state index in [1.807, 2.05) is 12.1 Å². The zero-order valence-corrected chi connectivity index (χ0v) is 8.93. The first-order valence-electron chi connectivity index (χ1n) is 4.59. The lowest BCUT2D eigenvalue weighted by Gasteiger charge is -2.15. The number of hydrogen-bond donors (Lipinski definition) is 0. The standard InChI is InChI=1S/C11H11BrO/c12-11(13)10-6-5-8-3-1-2-4-9(8)7-10/h5-7H,1-4H2. The Hall–Kier alpha value is -0.630. The molecule has 0 N–H and O–H groups in total. The quantitative estimate of drug-likeness (QED) is 0.688. The Labute approximate surface area is 86.3 Å². The minimum Gasteiger partial charge on any atom is -0.281 e. The van der Waals surface area contributed by atoms with Crippen molar-refractivity contribution in [2.45, 2.75) is 25.7 Å². The van der Waals surface area contributed by atoms with E-state index in [2.05, 4.69) is 22.0 Å². The van der Waals surface area contributed by atoms with Gasteiger partial charge in [-0.25, -0.2) is 0 Å². The van der Waals surface area contributed by atoms with Crippen LogP contribution in [-0.2, 0) is 12.8 Å². The van der Waals surface area contributed by atoms with Crippen LogP contribution in [0.3, 0.4) is 0 Å². The lowest BCUT2D eigenvalue weighted by Crippen LogP contribution is -2.03. The van der Waals surface area contributed by atoms with Crippen molar-refractivity contribution in [3.8, 4) is 0 Å². The van der Waals surface area contributed by atoms with Gasteiger partial charge in [0.15, 0.2) is 0 Å². The molecule has 0 fully saturated rings. The summed E-state index contributed by atoms with van der Waals surface area (Å²) in [7, 11) is 0. The highest BCUT2D eigenvalue weighted by atomic mass is 79.9. The summed E-state index contributed by atoms with van der Waals surface area (Å²) in [4.78, 5) is 11.0. The highest BCUT2D eigenvalue weighted by Gasteiger charge is 2.10. The summed E-state index contributed by atoms with van der Waals surface area (Å²) in [5.74, 6) is 0. The summed E-state index contributed by atoms with van der Waals surface area (Å²) in [6.07, 6.45) is 4.84. The molecule has 0 spiro atoms. The molecule has 1 aliphatic carbocycles. The van der Waals surface area contributed by atoms with Crippen LogP contribution in [0.4, 0.5) is 0 Å². The van der Waals surface area contributed by atoms with Gasteiger partial charge in [0.05, 0.1) is 0 Å². The monoisotopic (exact) mass is 238 g/mol. The maximum absolute atomic E-state index is 11.0. The van der Waals surface area contributed by atoms with Gasteiger partial charge < -0.3 is 0 Å². The number of rotatable bonds is 1. The predicted octanol–water partition coefficient (Wildman–Crippen LogP) is 3.10. The molecule has 13 heavy (non-hydrogen) atoms. The molecule has 1 aliphatic rings. The van der Waals surface area contributed by atoms with Gasteiger partial charge in [-0.1, -0.05) is 12.1 Å². The molecule has 0 unspecified atom stereocenters. The van der Waals surface area contributed by atoms with E-state index in [0.29, 0.717) is 0 Å². The van der Waals surface area contributed by atoms with Crippen molar-refractivity contribution in [2.75, 3.05) is 0 Å². The van der Waals surface area contributed by atoms with Crippen LogP contribution in [0.2, 0.25) is 0 Å². The fourth-order valence-corrected chi connectivity index (χ4v) is 2.10. The molecule has 0 radical (unpaired) electrons. The molecule has 2 rings (SSSR count). The second kappa shape index (κ2) is 3.62. The SMILES string of the molecule is O=C(Br)c1ccc2c(c1)CCCC2. The van der Waals surface area contributed by atoms with Crippen LogP contribution in [0.5, 0.6) is 0 Å². The smallest absolute Gasteiger partial charge is 0.228 e. The van der Waals surface area contributed by atoms with Crippen molar-refractivity contribution in [3.05, 3.63) is 34.9 Å². The van der Waals surface area contributed by atoms with E-state index >= 15 is 0 Å². The molecule has 1 aromatic carbocycles. The van der Waals surface area contributed by atoms with Gasteiger partial charge in [0.25, 0.3) is 0 Å². The summed E-state index contributed by atoms with van der Waals surface area (Å²) < 4.78 is -0.0131. The van der Waals surface area contributed by atoms with Crippen molar-refractivity contribution in [1.82, 2.24) is 0 Å². The van der Waals surface area contributed by atoms with Gasteiger partial charge in [0.1, 0.15) is 0 Å². The first-order valence-corrected chi connectivity index (χ1v) is 5.38. The van der Waals surface area contributed by atoms with Crippen molar-refractivity contribution in [2.24, 2.45) is 0 Å². The molecule has 0 bridgehead atoms. The van der Waals surface area contributed by atoms with Gasteiger partial charge in [-0.15, -0.1) is 0 Å². The Morgan fingerprint density at radius 3 is 2.54 bits per heavy atom. The number of benzene rings is 1. The van der Waals surface area contributed by atoms with Crippen LogP contribution in [0.1, 0.15) is 34.3 Å². The van der Waals surface area contributed by atoms with Gasteiger partial charge in [-0.05, 0) is 58.8 Å². The van der Waals surface area contributed by atoms with Crippen LogP contribution in [0.15, 0.2) is 18.2 Å². The molecule has 68 valence electrons. The third-order valence-electron chi connectivity index (χ3n) is 2.58. The maximum Gasteiger partial charge on any atom is 0.228 e. The van der Waals surface area contributed by atoms with E-state index in [4.69, 9.17) is 0 Å². The molecular formula is C11H11BrO. The Bertz CT molecular complexity index is 344. The normalized spacial score (nSPS) is 15.2. The summed E-state index contributed by atoms with van der Waals surface area (Å²) in [5.41, 5.74) is 3.56. The fourth-order valence-electron chi connectivity index (χ4n) is 1.86. The van der Waals surface area contributed by atoms with E-state index in [1.165, 1.54) is 30.4 Å². The third kappa shape index (κ3) is 1.83. The van der Waals surface area contributed by atoms with Gasteiger partial charge in [-0.2, -0.15) is 0 Å². The van der Waals surface area contributed by atoms with Crippen molar-refractivity contribution < 1.29 is 4.79 Å². The van der Waals surface area contributed by atoms with Crippen LogP contribution in [0, 0.1) is 0 Å². The number of aryl methyl sites for hydroxylation is 2. The van der Waals surface area contributed by atoms with Crippen molar-refractivity contribution in [3.63, 3.8) is 0 Å². The minimum atomic E-state index is -0.0131. The Morgan fingerprint density at radius 2 is 1.85 bits per heavy atom. The van der Waals surface area contributed by atoms with E-state index in [-0.39, 0.29) is 4.69 Å². The van der Waals surface area contributed by atoms with Gasteiger partial charge in [0, 0.05) is 5.56 Å². The lowest BCUT2D eigenvalue weighted by molar-refractivity contribution is 0.109. The maximum atomic E-state index is 11.0. The molecular weight excluding hydrogens is 228 g/mol. The Balaban J connectivity index is 2.40. The van der Waals surface area contributed by atoms with Crippen LogP contribution < -0.4 is 0 Å². The average Bonchev–Trinajstić information content (AvgIpc) is 2.17. The number of carbonyl (C=O) groups excluding carboxylic acids is 1. The number of carbonyl (C=O) groups is 1. The van der Waals surface area contributed by atoms with E-state index < -0.39 is 0 Å². The molecule has 2 heteroatoms. The predicted molar refractivity (Wildman–Crippen MR) is 56.3 cm³/mol. The highest BCUT2D eigenvalue weighted by molar-refractivity contribution is 9.18. The largest absolute Gasteiger partial charge is 0.281 e. The van der Waals surface area contributed by atoms with Gasteiger partial charge in [-0.3, -0.25) is 4.79 Å². The zero-order valence-electron chi connectivity index (χ0n) is 7.35. The number of halogens is 1. The lowest BCUT2D eigenvalue weighted by atomic mass is 9.91. The molecule has 0 aliphatic heterocycles. The van der Waals surface area contributed by atoms with E-state index in [1.54, 1.807) is 0 Å². The fraction of sp³-hybridized carbons (Fsp3) is 0.364. The van der Waals surface area contributed by atoms with Crippen LogP contribution in [0.25, 0.3) is 0 Å². The summed E-state index contributed by atoms with van der Waals surface area (Å²) >= 11 is 2.97. The molecule has 1 aromatic rings. The minimum absolute atomic E-state index is 0.0131. The molecule has 0 saturated heterocycles. The van der Waals surface area contributed by atoms with E-state index in [9.17, 15) is 4.79 Å². The van der Waals surface area contributed by atoms with E-state index in [0.717, 1.165) is 12.0 Å². The number of fused-ring (bicyclic) bond motifs is 1. The number of hydrogen-bond acceptors (Lipinski definition) is 1. The third-order valence-corrected chi connectivity index (χ3v) is 3.03. The Morgan fingerprint density at radius 1 is 1.15 bits per heavy atom. The molecule has 0 heterocycles. The molecule has 0 saturated carbocycles. The average molecular weight is 239 g/mol. The Kier molecular flexibility index (Phi) is 2.49. The summed E-state index contributed by atoms with van der Waals surface area (Å²) in [6, 6.07) is 6.01. The van der Waals surface area contributed by atoms with Crippen molar-refractivity contribution in [1.29, 1.82) is 0 Å². The molecule has 0 atom stereocenters. The first-order chi connectivity index (χ1) is 6.27.